The quantitative estimate of drug-likeness (QED) is 0.794. The summed E-state index contributed by atoms with van der Waals surface area (Å²) in [6.07, 6.45) is 3.64. The van der Waals surface area contributed by atoms with Crippen LogP contribution >= 0.6 is 0 Å². The molecular weight excluding hydrogens is 186 g/mol. The van der Waals surface area contributed by atoms with Gasteiger partial charge in [-0.15, -0.1) is 0 Å². The molecule has 2 N–H and O–H groups in total. The molecule has 1 aromatic heterocycles. The number of fused-ring (bicyclic) bond motifs is 1. The summed E-state index contributed by atoms with van der Waals surface area (Å²) in [6.45, 7) is 5.49. The zero-order valence-electron chi connectivity index (χ0n) is 9.93. The number of nitrogens with one attached hydrogen (secondary N) is 2. The second kappa shape index (κ2) is 4.35. The number of hydrogen-bond donors (Lipinski definition) is 2. The Bertz CT molecular complexity index is 328. The van der Waals surface area contributed by atoms with Gasteiger partial charge in [-0.2, -0.15) is 0 Å². The highest BCUT2D eigenvalue weighted by Crippen LogP contribution is 2.28. The van der Waals surface area contributed by atoms with E-state index in [1.807, 2.05) is 7.05 Å². The molecular formula is C12H21N3. The van der Waals surface area contributed by atoms with E-state index in [1.165, 1.54) is 24.2 Å². The standard InChI is InChI=1S/C12H21N3/c1-8(2)9-4-5-10-11(6-9)15-12(14-10)7-13-3/h8-9,13H,4-7H2,1-3H3,(H,14,15). The maximum Gasteiger partial charge on any atom is 0.120 e. The number of hydrogen-bond acceptors (Lipinski definition) is 2. The number of H-pyrrole nitrogens is 1. The first-order valence-electron chi connectivity index (χ1n) is 5.92. The minimum absolute atomic E-state index is 0.786. The molecule has 1 aliphatic carbocycles. The number of rotatable bonds is 3. The molecule has 0 saturated carbocycles. The lowest BCUT2D eigenvalue weighted by atomic mass is 9.82. The van der Waals surface area contributed by atoms with Gasteiger partial charge in [-0.1, -0.05) is 13.8 Å². The first kappa shape index (κ1) is 10.7. The van der Waals surface area contributed by atoms with Crippen LogP contribution in [-0.2, 0) is 19.4 Å². The summed E-state index contributed by atoms with van der Waals surface area (Å²) in [7, 11) is 1.96. The molecule has 1 unspecified atom stereocenters. The molecule has 1 aliphatic rings. The third-order valence-corrected chi connectivity index (χ3v) is 3.42. The van der Waals surface area contributed by atoms with Crippen molar-refractivity contribution in [1.82, 2.24) is 15.3 Å². The Morgan fingerprint density at radius 1 is 1.53 bits per heavy atom. The topological polar surface area (TPSA) is 40.7 Å². The van der Waals surface area contributed by atoms with Gasteiger partial charge in [-0.3, -0.25) is 0 Å². The number of aromatic nitrogens is 2. The van der Waals surface area contributed by atoms with Crippen LogP contribution in [0, 0.1) is 11.8 Å². The number of nitrogens with zero attached hydrogens (tertiary/aromatic N) is 1. The first-order valence-corrected chi connectivity index (χ1v) is 5.92. The van der Waals surface area contributed by atoms with E-state index in [9.17, 15) is 0 Å². The van der Waals surface area contributed by atoms with Crippen LogP contribution in [0.5, 0.6) is 0 Å². The van der Waals surface area contributed by atoms with Crippen molar-refractivity contribution in [2.24, 2.45) is 11.8 Å². The fourth-order valence-corrected chi connectivity index (χ4v) is 2.39. The van der Waals surface area contributed by atoms with Gasteiger partial charge in [-0.05, 0) is 38.1 Å². The molecule has 2 rings (SSSR count). The molecule has 0 bridgehead atoms. The molecule has 0 radical (unpaired) electrons. The van der Waals surface area contributed by atoms with Crippen molar-refractivity contribution in [2.75, 3.05) is 7.05 Å². The van der Waals surface area contributed by atoms with Crippen molar-refractivity contribution in [3.05, 3.63) is 17.2 Å². The number of aromatic amines is 1. The van der Waals surface area contributed by atoms with Gasteiger partial charge in [0.15, 0.2) is 0 Å². The molecule has 3 nitrogen and oxygen atoms in total. The van der Waals surface area contributed by atoms with Crippen molar-refractivity contribution in [1.29, 1.82) is 0 Å². The molecule has 1 heterocycles. The van der Waals surface area contributed by atoms with Crippen molar-refractivity contribution in [3.8, 4) is 0 Å². The highest BCUT2D eigenvalue weighted by atomic mass is 15.0. The van der Waals surface area contributed by atoms with Crippen LogP contribution < -0.4 is 5.32 Å². The Morgan fingerprint density at radius 2 is 2.33 bits per heavy atom. The minimum atomic E-state index is 0.786. The Morgan fingerprint density at radius 3 is 3.00 bits per heavy atom. The third kappa shape index (κ3) is 2.23. The summed E-state index contributed by atoms with van der Waals surface area (Å²) in [5, 5.41) is 3.13. The van der Waals surface area contributed by atoms with E-state index in [4.69, 9.17) is 0 Å². The van der Waals surface area contributed by atoms with Crippen LogP contribution in [0.1, 0.15) is 37.5 Å². The second-order valence-corrected chi connectivity index (χ2v) is 4.89. The minimum Gasteiger partial charge on any atom is -0.345 e. The van der Waals surface area contributed by atoms with Crippen LogP contribution in [0.3, 0.4) is 0 Å². The van der Waals surface area contributed by atoms with Crippen LogP contribution in [0.15, 0.2) is 0 Å². The van der Waals surface area contributed by atoms with E-state index in [-0.39, 0.29) is 0 Å². The monoisotopic (exact) mass is 207 g/mol. The Labute approximate surface area is 91.7 Å². The van der Waals surface area contributed by atoms with Gasteiger partial charge in [0.05, 0.1) is 12.2 Å². The highest BCUT2D eigenvalue weighted by Gasteiger charge is 2.23. The normalized spacial score (nSPS) is 20.7. The molecule has 0 aromatic carbocycles. The van der Waals surface area contributed by atoms with Crippen molar-refractivity contribution in [3.63, 3.8) is 0 Å². The van der Waals surface area contributed by atoms with E-state index >= 15 is 0 Å². The van der Waals surface area contributed by atoms with Crippen molar-refractivity contribution < 1.29 is 0 Å². The van der Waals surface area contributed by atoms with Crippen LogP contribution in [0.25, 0.3) is 0 Å². The maximum absolute atomic E-state index is 4.62. The predicted molar refractivity (Wildman–Crippen MR) is 61.7 cm³/mol. The zero-order chi connectivity index (χ0) is 10.8. The van der Waals surface area contributed by atoms with E-state index in [0.29, 0.717) is 0 Å². The lowest BCUT2D eigenvalue weighted by Gasteiger charge is -2.24. The molecule has 0 spiro atoms. The molecule has 0 saturated heterocycles. The summed E-state index contributed by atoms with van der Waals surface area (Å²) >= 11 is 0. The van der Waals surface area contributed by atoms with Gasteiger partial charge in [0.2, 0.25) is 0 Å². The molecule has 1 aromatic rings. The zero-order valence-corrected chi connectivity index (χ0v) is 9.93. The van der Waals surface area contributed by atoms with Gasteiger partial charge >= 0.3 is 0 Å². The SMILES string of the molecule is CNCc1nc2c([nH]1)CC(C(C)C)CC2. The average molecular weight is 207 g/mol. The molecule has 0 aliphatic heterocycles. The maximum atomic E-state index is 4.62. The number of aryl methyl sites for hydroxylation is 1. The Hall–Kier alpha value is -0.830. The van der Waals surface area contributed by atoms with E-state index in [0.717, 1.165) is 30.6 Å². The Kier molecular flexibility index (Phi) is 3.10. The lowest BCUT2D eigenvalue weighted by Crippen LogP contribution is -2.18. The van der Waals surface area contributed by atoms with Gasteiger partial charge in [0, 0.05) is 5.69 Å². The molecule has 0 amide bonds. The molecule has 0 fully saturated rings. The van der Waals surface area contributed by atoms with Gasteiger partial charge in [-0.25, -0.2) is 4.98 Å². The smallest absolute Gasteiger partial charge is 0.120 e. The summed E-state index contributed by atoms with van der Waals surface area (Å²) in [6, 6.07) is 0. The van der Waals surface area contributed by atoms with E-state index < -0.39 is 0 Å². The van der Waals surface area contributed by atoms with E-state index in [1.54, 1.807) is 0 Å². The van der Waals surface area contributed by atoms with Crippen LogP contribution in [0.4, 0.5) is 0 Å². The summed E-state index contributed by atoms with van der Waals surface area (Å²) in [5.74, 6) is 2.71. The van der Waals surface area contributed by atoms with Crippen LogP contribution in [-0.4, -0.2) is 17.0 Å². The Balaban J connectivity index is 2.12. The van der Waals surface area contributed by atoms with E-state index in [2.05, 4.69) is 29.1 Å². The number of imidazole rings is 1. The van der Waals surface area contributed by atoms with Gasteiger partial charge in [0.1, 0.15) is 5.82 Å². The molecule has 1 atom stereocenters. The molecule has 3 heteroatoms. The van der Waals surface area contributed by atoms with Crippen molar-refractivity contribution in [2.45, 2.75) is 39.7 Å². The second-order valence-electron chi connectivity index (χ2n) is 4.89. The largest absolute Gasteiger partial charge is 0.345 e. The predicted octanol–water partition coefficient (Wildman–Crippen LogP) is 1.89. The fraction of sp³-hybridized carbons (Fsp3) is 0.750. The summed E-state index contributed by atoms with van der Waals surface area (Å²) < 4.78 is 0. The average Bonchev–Trinajstić information content (AvgIpc) is 2.59. The first-order chi connectivity index (χ1) is 7.20. The highest BCUT2D eigenvalue weighted by molar-refractivity contribution is 5.18. The van der Waals surface area contributed by atoms with Gasteiger partial charge < -0.3 is 10.3 Å². The van der Waals surface area contributed by atoms with Crippen molar-refractivity contribution >= 4 is 0 Å². The third-order valence-electron chi connectivity index (χ3n) is 3.42. The summed E-state index contributed by atoms with van der Waals surface area (Å²) in [4.78, 5) is 8.06. The van der Waals surface area contributed by atoms with Gasteiger partial charge in [0.25, 0.3) is 0 Å². The summed E-state index contributed by atoms with van der Waals surface area (Å²) in [5.41, 5.74) is 2.68. The molecule has 84 valence electrons. The fourth-order valence-electron chi connectivity index (χ4n) is 2.39. The lowest BCUT2D eigenvalue weighted by molar-refractivity contribution is 0.338. The molecule has 15 heavy (non-hydrogen) atoms. The van der Waals surface area contributed by atoms with Crippen LogP contribution in [0.2, 0.25) is 0 Å².